The SMILES string of the molecule is CCc1ccc(-c2ccon2)cc1. The van der Waals surface area contributed by atoms with Gasteiger partial charge < -0.3 is 4.52 Å². The molecule has 0 unspecified atom stereocenters. The van der Waals surface area contributed by atoms with E-state index in [2.05, 4.69) is 36.3 Å². The third-order valence-corrected chi connectivity index (χ3v) is 2.10. The zero-order valence-electron chi connectivity index (χ0n) is 7.53. The maximum absolute atomic E-state index is 4.78. The van der Waals surface area contributed by atoms with Crippen molar-refractivity contribution in [2.45, 2.75) is 13.3 Å². The Morgan fingerprint density at radius 1 is 1.15 bits per heavy atom. The number of aromatic nitrogens is 1. The van der Waals surface area contributed by atoms with Gasteiger partial charge in [-0.2, -0.15) is 0 Å². The lowest BCUT2D eigenvalue weighted by Crippen LogP contribution is -1.80. The number of rotatable bonds is 2. The van der Waals surface area contributed by atoms with Crippen LogP contribution in [0.15, 0.2) is 41.1 Å². The second-order valence-corrected chi connectivity index (χ2v) is 2.94. The molecule has 0 atom stereocenters. The van der Waals surface area contributed by atoms with E-state index in [4.69, 9.17) is 4.52 Å². The summed E-state index contributed by atoms with van der Waals surface area (Å²) in [6.45, 7) is 2.14. The number of hydrogen-bond acceptors (Lipinski definition) is 2. The average Bonchev–Trinajstić information content (AvgIpc) is 2.71. The highest BCUT2D eigenvalue weighted by atomic mass is 16.5. The molecule has 0 radical (unpaired) electrons. The molecule has 2 rings (SSSR count). The molecule has 13 heavy (non-hydrogen) atoms. The Morgan fingerprint density at radius 2 is 1.92 bits per heavy atom. The molecule has 0 bridgehead atoms. The standard InChI is InChI=1S/C11H11NO/c1-2-9-3-5-10(6-4-9)11-7-8-13-12-11/h3-8H,2H2,1H3. The topological polar surface area (TPSA) is 26.0 Å². The summed E-state index contributed by atoms with van der Waals surface area (Å²) in [5, 5.41) is 3.87. The maximum Gasteiger partial charge on any atom is 0.124 e. The van der Waals surface area contributed by atoms with Crippen LogP contribution in [0, 0.1) is 0 Å². The Kier molecular flexibility index (Phi) is 2.13. The molecule has 0 spiro atoms. The molecule has 2 heteroatoms. The maximum atomic E-state index is 4.78. The van der Waals surface area contributed by atoms with E-state index in [1.807, 2.05) is 6.07 Å². The van der Waals surface area contributed by atoms with Crippen LogP contribution in [-0.4, -0.2) is 5.16 Å². The Labute approximate surface area is 77.2 Å². The first-order valence-electron chi connectivity index (χ1n) is 4.40. The van der Waals surface area contributed by atoms with Crippen molar-refractivity contribution in [1.82, 2.24) is 5.16 Å². The van der Waals surface area contributed by atoms with Crippen LogP contribution >= 0.6 is 0 Å². The molecule has 1 heterocycles. The summed E-state index contributed by atoms with van der Waals surface area (Å²) in [5.74, 6) is 0. The van der Waals surface area contributed by atoms with Gasteiger partial charge in [-0.25, -0.2) is 0 Å². The molecule has 1 aromatic heterocycles. The second-order valence-electron chi connectivity index (χ2n) is 2.94. The van der Waals surface area contributed by atoms with E-state index in [0.29, 0.717) is 0 Å². The molecule has 2 aromatic rings. The molecule has 0 N–H and O–H groups in total. The summed E-state index contributed by atoms with van der Waals surface area (Å²) in [6.07, 6.45) is 2.65. The summed E-state index contributed by atoms with van der Waals surface area (Å²) in [6, 6.07) is 10.2. The minimum atomic E-state index is 0.891. The second kappa shape index (κ2) is 3.44. The summed E-state index contributed by atoms with van der Waals surface area (Å²) in [7, 11) is 0. The van der Waals surface area contributed by atoms with E-state index in [1.165, 1.54) is 5.56 Å². The van der Waals surface area contributed by atoms with Crippen molar-refractivity contribution in [3.63, 3.8) is 0 Å². The Hall–Kier alpha value is -1.57. The van der Waals surface area contributed by atoms with Crippen LogP contribution in [0.1, 0.15) is 12.5 Å². The summed E-state index contributed by atoms with van der Waals surface area (Å²) in [4.78, 5) is 0. The van der Waals surface area contributed by atoms with Crippen molar-refractivity contribution in [1.29, 1.82) is 0 Å². The summed E-state index contributed by atoms with van der Waals surface area (Å²) >= 11 is 0. The predicted molar refractivity (Wildman–Crippen MR) is 51.3 cm³/mol. The lowest BCUT2D eigenvalue weighted by molar-refractivity contribution is 0.422. The summed E-state index contributed by atoms with van der Waals surface area (Å²) in [5.41, 5.74) is 3.33. The van der Waals surface area contributed by atoms with Gasteiger partial charge in [0, 0.05) is 11.6 Å². The van der Waals surface area contributed by atoms with Crippen LogP contribution in [0.2, 0.25) is 0 Å². The predicted octanol–water partition coefficient (Wildman–Crippen LogP) is 2.90. The van der Waals surface area contributed by atoms with Gasteiger partial charge in [-0.15, -0.1) is 0 Å². The zero-order valence-corrected chi connectivity index (χ0v) is 7.53. The molecule has 0 aliphatic rings. The molecule has 0 fully saturated rings. The average molecular weight is 173 g/mol. The zero-order chi connectivity index (χ0) is 9.10. The van der Waals surface area contributed by atoms with E-state index >= 15 is 0 Å². The van der Waals surface area contributed by atoms with Crippen molar-refractivity contribution in [2.75, 3.05) is 0 Å². The molecule has 0 saturated heterocycles. The Bertz CT molecular complexity index is 361. The van der Waals surface area contributed by atoms with Crippen LogP contribution in [0.3, 0.4) is 0 Å². The molecule has 0 aliphatic heterocycles. The molecule has 1 aromatic carbocycles. The van der Waals surface area contributed by atoms with Gasteiger partial charge in [0.05, 0.1) is 0 Å². The quantitative estimate of drug-likeness (QED) is 0.697. The van der Waals surface area contributed by atoms with Gasteiger partial charge in [-0.3, -0.25) is 0 Å². The Balaban J connectivity index is 2.33. The highest BCUT2D eigenvalue weighted by Crippen LogP contribution is 2.17. The number of aryl methyl sites for hydroxylation is 1. The van der Waals surface area contributed by atoms with E-state index in [-0.39, 0.29) is 0 Å². The van der Waals surface area contributed by atoms with E-state index in [9.17, 15) is 0 Å². The normalized spacial score (nSPS) is 10.2. The van der Waals surface area contributed by atoms with Crippen molar-refractivity contribution in [3.05, 3.63) is 42.2 Å². The van der Waals surface area contributed by atoms with Crippen LogP contribution < -0.4 is 0 Å². The molecular weight excluding hydrogens is 162 g/mol. The largest absolute Gasteiger partial charge is 0.364 e. The minimum Gasteiger partial charge on any atom is -0.364 e. The van der Waals surface area contributed by atoms with Crippen molar-refractivity contribution in [2.24, 2.45) is 0 Å². The fraction of sp³-hybridized carbons (Fsp3) is 0.182. The van der Waals surface area contributed by atoms with Crippen LogP contribution in [0.25, 0.3) is 11.3 Å². The highest BCUT2D eigenvalue weighted by molar-refractivity contribution is 5.58. The molecular formula is C11H11NO. The molecule has 0 saturated carbocycles. The number of nitrogens with zero attached hydrogens (tertiary/aromatic N) is 1. The molecule has 66 valence electrons. The van der Waals surface area contributed by atoms with Crippen LogP contribution in [-0.2, 0) is 6.42 Å². The third kappa shape index (κ3) is 1.61. The fourth-order valence-electron chi connectivity index (χ4n) is 1.27. The van der Waals surface area contributed by atoms with Gasteiger partial charge in [0.1, 0.15) is 12.0 Å². The highest BCUT2D eigenvalue weighted by Gasteiger charge is 1.99. The summed E-state index contributed by atoms with van der Waals surface area (Å²) < 4.78 is 4.78. The molecule has 0 amide bonds. The Morgan fingerprint density at radius 3 is 2.46 bits per heavy atom. The lowest BCUT2D eigenvalue weighted by Gasteiger charge is -1.97. The van der Waals surface area contributed by atoms with E-state index in [0.717, 1.165) is 17.7 Å². The first kappa shape index (κ1) is 8.05. The third-order valence-electron chi connectivity index (χ3n) is 2.10. The van der Waals surface area contributed by atoms with E-state index in [1.54, 1.807) is 6.26 Å². The van der Waals surface area contributed by atoms with Crippen molar-refractivity contribution < 1.29 is 4.52 Å². The van der Waals surface area contributed by atoms with E-state index < -0.39 is 0 Å². The van der Waals surface area contributed by atoms with Gasteiger partial charge in [0.15, 0.2) is 0 Å². The smallest absolute Gasteiger partial charge is 0.124 e. The van der Waals surface area contributed by atoms with Crippen LogP contribution in [0.4, 0.5) is 0 Å². The molecule has 2 nitrogen and oxygen atoms in total. The van der Waals surface area contributed by atoms with Gasteiger partial charge in [0.2, 0.25) is 0 Å². The van der Waals surface area contributed by atoms with Crippen molar-refractivity contribution in [3.8, 4) is 11.3 Å². The number of benzene rings is 1. The van der Waals surface area contributed by atoms with Gasteiger partial charge in [-0.1, -0.05) is 36.3 Å². The van der Waals surface area contributed by atoms with Gasteiger partial charge in [-0.05, 0) is 12.0 Å². The first-order chi connectivity index (χ1) is 6.40. The van der Waals surface area contributed by atoms with Gasteiger partial charge in [0.25, 0.3) is 0 Å². The fourth-order valence-corrected chi connectivity index (χ4v) is 1.27. The minimum absolute atomic E-state index is 0.891. The monoisotopic (exact) mass is 173 g/mol. The van der Waals surface area contributed by atoms with Crippen molar-refractivity contribution >= 4 is 0 Å². The van der Waals surface area contributed by atoms with Crippen LogP contribution in [0.5, 0.6) is 0 Å². The lowest BCUT2D eigenvalue weighted by atomic mass is 10.1. The number of hydrogen-bond donors (Lipinski definition) is 0. The first-order valence-corrected chi connectivity index (χ1v) is 4.40. The molecule has 0 aliphatic carbocycles. The van der Waals surface area contributed by atoms with Gasteiger partial charge >= 0.3 is 0 Å².